The van der Waals surface area contributed by atoms with Crippen LogP contribution in [0.2, 0.25) is 0 Å². The van der Waals surface area contributed by atoms with Crippen molar-refractivity contribution < 1.29 is 12.6 Å². The highest BCUT2D eigenvalue weighted by Gasteiger charge is 2.11. The van der Waals surface area contributed by atoms with Crippen LogP contribution < -0.4 is 0 Å². The maximum absolute atomic E-state index is 11.0. The lowest BCUT2D eigenvalue weighted by Gasteiger charge is -2.17. The molecular formula is C22H46O3S. The molecule has 0 aromatic heterocycles. The molecule has 0 heterocycles. The van der Waals surface area contributed by atoms with Gasteiger partial charge >= 0.3 is 0 Å². The third-order valence-electron chi connectivity index (χ3n) is 5.58. The molecule has 26 heavy (non-hydrogen) atoms. The zero-order chi connectivity index (χ0) is 20.0. The molecule has 0 fully saturated rings. The number of hydrogen-bond acceptors (Lipinski definition) is 3. The average Bonchev–Trinajstić information content (AvgIpc) is 2.51. The van der Waals surface area contributed by atoms with Gasteiger partial charge in [0, 0.05) is 0 Å². The largest absolute Gasteiger partial charge is 0.270 e. The molecule has 0 saturated carbocycles. The molecule has 0 radical (unpaired) electrons. The fourth-order valence-electron chi connectivity index (χ4n) is 3.65. The summed E-state index contributed by atoms with van der Waals surface area (Å²) in [6.07, 6.45) is 15.1. The molecule has 0 saturated heterocycles. The van der Waals surface area contributed by atoms with Crippen LogP contribution in [-0.4, -0.2) is 21.3 Å². The van der Waals surface area contributed by atoms with Crippen molar-refractivity contribution in [2.24, 2.45) is 23.7 Å². The first-order chi connectivity index (χ1) is 12.1. The molecule has 4 heteroatoms. The van der Waals surface area contributed by atoms with Crippen LogP contribution in [0.1, 0.15) is 105 Å². The van der Waals surface area contributed by atoms with Gasteiger partial charge in [-0.1, -0.05) is 98.8 Å². The van der Waals surface area contributed by atoms with Crippen LogP contribution in [0.15, 0.2) is 0 Å². The minimum Gasteiger partial charge on any atom is -0.270 e. The molecule has 0 amide bonds. The molecule has 0 bridgehead atoms. The smallest absolute Gasteiger partial charge is 0.264 e. The number of rotatable bonds is 17. The van der Waals surface area contributed by atoms with E-state index in [0.717, 1.165) is 36.9 Å². The van der Waals surface area contributed by atoms with E-state index in [4.69, 9.17) is 4.18 Å². The van der Waals surface area contributed by atoms with Gasteiger partial charge in [-0.05, 0) is 30.1 Å². The van der Waals surface area contributed by atoms with Crippen molar-refractivity contribution >= 4 is 10.1 Å². The van der Waals surface area contributed by atoms with E-state index < -0.39 is 10.1 Å². The van der Waals surface area contributed by atoms with E-state index in [0.29, 0.717) is 12.5 Å². The van der Waals surface area contributed by atoms with Crippen LogP contribution in [0.25, 0.3) is 0 Å². The van der Waals surface area contributed by atoms with Crippen LogP contribution in [-0.2, 0) is 14.3 Å². The molecule has 0 aliphatic heterocycles. The van der Waals surface area contributed by atoms with Crippen molar-refractivity contribution in [1.29, 1.82) is 0 Å². The Morgan fingerprint density at radius 1 is 0.731 bits per heavy atom. The molecule has 0 aromatic rings. The summed E-state index contributed by atoms with van der Waals surface area (Å²) >= 11 is 0. The molecule has 0 spiro atoms. The molecule has 0 aromatic carbocycles. The fourth-order valence-corrected chi connectivity index (χ4v) is 4.05. The minimum absolute atomic E-state index is 0.335. The Morgan fingerprint density at radius 3 is 1.62 bits per heavy atom. The van der Waals surface area contributed by atoms with E-state index in [1.54, 1.807) is 0 Å². The van der Waals surface area contributed by atoms with Crippen LogP contribution in [0.3, 0.4) is 0 Å². The summed E-state index contributed by atoms with van der Waals surface area (Å²) in [5.74, 6) is 3.11. The highest BCUT2D eigenvalue weighted by molar-refractivity contribution is 7.85. The second-order valence-electron chi connectivity index (χ2n) is 8.99. The van der Waals surface area contributed by atoms with Crippen LogP contribution in [0, 0.1) is 23.7 Å². The summed E-state index contributed by atoms with van der Waals surface area (Å²) in [5.41, 5.74) is 0. The molecule has 158 valence electrons. The Hall–Kier alpha value is -0.0900. The van der Waals surface area contributed by atoms with E-state index in [9.17, 15) is 8.42 Å². The normalized spacial score (nSPS) is 16.0. The Balaban J connectivity index is 3.72. The van der Waals surface area contributed by atoms with Crippen LogP contribution in [0.4, 0.5) is 0 Å². The van der Waals surface area contributed by atoms with E-state index in [1.165, 1.54) is 57.8 Å². The average molecular weight is 391 g/mol. The zero-order valence-electron chi connectivity index (χ0n) is 18.4. The lowest BCUT2D eigenvalue weighted by Crippen LogP contribution is -2.09. The first-order valence-electron chi connectivity index (χ1n) is 11.0. The Labute approximate surface area is 164 Å². The fraction of sp³-hybridized carbons (Fsp3) is 1.00. The number of hydrogen-bond donors (Lipinski definition) is 0. The maximum atomic E-state index is 11.0. The van der Waals surface area contributed by atoms with Gasteiger partial charge in [0.25, 0.3) is 10.1 Å². The lowest BCUT2D eigenvalue weighted by atomic mass is 9.90. The standard InChI is InChI=1S/C22H46O3S/c1-7-22(17-18-25-26(6,23)24)16-10-15-21(5)14-9-13-20(4)12-8-11-19(2)3/h19-22H,7-18H2,1-6H3. The Bertz CT molecular complexity index is 417. The maximum Gasteiger partial charge on any atom is 0.264 e. The molecular weight excluding hydrogens is 344 g/mol. The van der Waals surface area contributed by atoms with Gasteiger partial charge in [-0.15, -0.1) is 0 Å². The van der Waals surface area contributed by atoms with Crippen molar-refractivity contribution in [1.82, 2.24) is 0 Å². The van der Waals surface area contributed by atoms with Gasteiger partial charge in [0.15, 0.2) is 0 Å². The van der Waals surface area contributed by atoms with E-state index in [-0.39, 0.29) is 0 Å². The van der Waals surface area contributed by atoms with Crippen molar-refractivity contribution in [3.63, 3.8) is 0 Å². The van der Waals surface area contributed by atoms with Gasteiger partial charge in [-0.3, -0.25) is 4.18 Å². The second-order valence-corrected chi connectivity index (χ2v) is 10.6. The first-order valence-corrected chi connectivity index (χ1v) is 12.8. The van der Waals surface area contributed by atoms with Crippen LogP contribution in [0.5, 0.6) is 0 Å². The molecule has 0 aliphatic carbocycles. The summed E-state index contributed by atoms with van der Waals surface area (Å²) in [7, 11) is -3.29. The van der Waals surface area contributed by atoms with Gasteiger partial charge in [0.05, 0.1) is 12.9 Å². The lowest BCUT2D eigenvalue weighted by molar-refractivity contribution is 0.269. The van der Waals surface area contributed by atoms with E-state index in [2.05, 4.69) is 34.6 Å². The molecule has 0 aliphatic rings. The van der Waals surface area contributed by atoms with Gasteiger partial charge in [0.2, 0.25) is 0 Å². The molecule has 3 nitrogen and oxygen atoms in total. The third-order valence-corrected chi connectivity index (χ3v) is 6.18. The quantitative estimate of drug-likeness (QED) is 0.256. The van der Waals surface area contributed by atoms with Crippen molar-refractivity contribution in [2.45, 2.75) is 105 Å². The summed E-state index contributed by atoms with van der Waals surface area (Å²) in [4.78, 5) is 0. The predicted octanol–water partition coefficient (Wildman–Crippen LogP) is 6.82. The monoisotopic (exact) mass is 390 g/mol. The Morgan fingerprint density at radius 2 is 1.19 bits per heavy atom. The van der Waals surface area contributed by atoms with E-state index in [1.807, 2.05) is 0 Å². The van der Waals surface area contributed by atoms with Gasteiger partial charge < -0.3 is 0 Å². The SMILES string of the molecule is CCC(CCCC(C)CCCC(C)CCCC(C)C)CCOS(C)(=O)=O. The summed E-state index contributed by atoms with van der Waals surface area (Å²) in [6.45, 7) is 12.0. The zero-order valence-corrected chi connectivity index (χ0v) is 19.2. The van der Waals surface area contributed by atoms with E-state index >= 15 is 0 Å². The predicted molar refractivity (Wildman–Crippen MR) is 114 cm³/mol. The topological polar surface area (TPSA) is 43.4 Å². The first kappa shape index (κ1) is 25.9. The van der Waals surface area contributed by atoms with Crippen LogP contribution >= 0.6 is 0 Å². The molecule has 0 rings (SSSR count). The highest BCUT2D eigenvalue weighted by Crippen LogP contribution is 2.23. The Kier molecular flexibility index (Phi) is 14.9. The molecule has 3 unspecified atom stereocenters. The van der Waals surface area contributed by atoms with Gasteiger partial charge in [-0.2, -0.15) is 8.42 Å². The van der Waals surface area contributed by atoms with Gasteiger partial charge in [-0.25, -0.2) is 0 Å². The summed E-state index contributed by atoms with van der Waals surface area (Å²) in [5, 5.41) is 0. The molecule has 0 N–H and O–H groups in total. The second kappa shape index (κ2) is 14.9. The third kappa shape index (κ3) is 17.3. The van der Waals surface area contributed by atoms with Crippen molar-refractivity contribution in [3.8, 4) is 0 Å². The molecule has 3 atom stereocenters. The minimum atomic E-state index is -3.29. The van der Waals surface area contributed by atoms with Crippen molar-refractivity contribution in [3.05, 3.63) is 0 Å². The van der Waals surface area contributed by atoms with Gasteiger partial charge in [0.1, 0.15) is 0 Å². The summed E-state index contributed by atoms with van der Waals surface area (Å²) < 4.78 is 26.9. The summed E-state index contributed by atoms with van der Waals surface area (Å²) in [6, 6.07) is 0. The highest BCUT2D eigenvalue weighted by atomic mass is 32.2. The van der Waals surface area contributed by atoms with Crippen molar-refractivity contribution in [2.75, 3.05) is 12.9 Å².